The lowest BCUT2D eigenvalue weighted by Crippen LogP contribution is -2.28. The molecule has 0 unspecified atom stereocenters. The molecule has 0 saturated heterocycles. The summed E-state index contributed by atoms with van der Waals surface area (Å²) in [6.07, 6.45) is 2.02. The SMILES string of the molecule is CC(C)(C)c1cnc(CN(CCN)Cc2ccccc2)s1.Cl. The highest BCUT2D eigenvalue weighted by Crippen LogP contribution is 2.28. The van der Waals surface area contributed by atoms with Gasteiger partial charge in [-0.2, -0.15) is 0 Å². The van der Waals surface area contributed by atoms with Crippen LogP contribution in [-0.4, -0.2) is 23.0 Å². The van der Waals surface area contributed by atoms with Crippen molar-refractivity contribution in [2.75, 3.05) is 13.1 Å². The lowest BCUT2D eigenvalue weighted by Gasteiger charge is -2.20. The topological polar surface area (TPSA) is 42.2 Å². The molecule has 122 valence electrons. The third-order valence-corrected chi connectivity index (χ3v) is 4.75. The van der Waals surface area contributed by atoms with Crippen LogP contribution in [0, 0.1) is 0 Å². The van der Waals surface area contributed by atoms with Crippen LogP contribution in [0.3, 0.4) is 0 Å². The monoisotopic (exact) mass is 339 g/mol. The fourth-order valence-corrected chi connectivity index (χ4v) is 3.18. The maximum absolute atomic E-state index is 5.75. The van der Waals surface area contributed by atoms with Gasteiger partial charge in [-0.15, -0.1) is 23.7 Å². The summed E-state index contributed by atoms with van der Waals surface area (Å²) in [6, 6.07) is 10.5. The van der Waals surface area contributed by atoms with Crippen molar-refractivity contribution in [1.29, 1.82) is 0 Å². The summed E-state index contributed by atoms with van der Waals surface area (Å²) in [7, 11) is 0. The second kappa shape index (κ2) is 8.63. The Bertz CT molecular complexity index is 549. The number of aromatic nitrogens is 1. The molecule has 2 N–H and O–H groups in total. The molecule has 0 aliphatic rings. The fourth-order valence-electron chi connectivity index (χ4n) is 2.16. The van der Waals surface area contributed by atoms with E-state index in [0.29, 0.717) is 6.54 Å². The molecule has 0 saturated carbocycles. The molecule has 0 amide bonds. The fraction of sp³-hybridized carbons (Fsp3) is 0.471. The molecule has 0 aliphatic carbocycles. The van der Waals surface area contributed by atoms with Crippen LogP contribution in [-0.2, 0) is 18.5 Å². The van der Waals surface area contributed by atoms with Crippen LogP contribution in [0.5, 0.6) is 0 Å². The van der Waals surface area contributed by atoms with E-state index in [1.807, 2.05) is 23.6 Å². The van der Waals surface area contributed by atoms with Gasteiger partial charge in [-0.1, -0.05) is 51.1 Å². The predicted octanol–water partition coefficient (Wildman–Crippen LogP) is 3.82. The van der Waals surface area contributed by atoms with E-state index in [1.54, 1.807) is 0 Å². The first-order valence-corrected chi connectivity index (χ1v) is 8.22. The summed E-state index contributed by atoms with van der Waals surface area (Å²) in [4.78, 5) is 8.28. The van der Waals surface area contributed by atoms with Gasteiger partial charge in [0.2, 0.25) is 0 Å². The van der Waals surface area contributed by atoms with Gasteiger partial charge in [-0.25, -0.2) is 4.98 Å². The molecule has 2 rings (SSSR count). The molecule has 0 spiro atoms. The van der Waals surface area contributed by atoms with Crippen LogP contribution in [0.2, 0.25) is 0 Å². The molecule has 1 aromatic carbocycles. The zero-order chi connectivity index (χ0) is 15.3. The molecule has 0 fully saturated rings. The normalized spacial score (nSPS) is 11.5. The minimum absolute atomic E-state index is 0. The molecule has 1 heterocycles. The molecule has 0 bridgehead atoms. The van der Waals surface area contributed by atoms with E-state index in [4.69, 9.17) is 5.73 Å². The van der Waals surface area contributed by atoms with E-state index < -0.39 is 0 Å². The lowest BCUT2D eigenvalue weighted by molar-refractivity contribution is 0.264. The standard InChI is InChI=1S/C17H25N3S.ClH/c1-17(2,3)15-11-19-16(21-15)13-20(10-9-18)12-14-7-5-4-6-8-14;/h4-8,11H,9-10,12-13,18H2,1-3H3;1H. The summed E-state index contributed by atoms with van der Waals surface area (Å²) in [6.45, 7) is 10.0. The third kappa shape index (κ3) is 5.69. The highest BCUT2D eigenvalue weighted by Gasteiger charge is 2.18. The van der Waals surface area contributed by atoms with Crippen LogP contribution in [0.4, 0.5) is 0 Å². The molecule has 0 radical (unpaired) electrons. The Morgan fingerprint density at radius 1 is 1.14 bits per heavy atom. The van der Waals surface area contributed by atoms with Gasteiger partial charge in [0.05, 0.1) is 6.54 Å². The first-order chi connectivity index (χ1) is 9.99. The number of benzene rings is 1. The summed E-state index contributed by atoms with van der Waals surface area (Å²) >= 11 is 1.81. The van der Waals surface area contributed by atoms with Crippen molar-refractivity contribution in [1.82, 2.24) is 9.88 Å². The Kier molecular flexibility index (Phi) is 7.49. The Hall–Kier alpha value is -0.940. The summed E-state index contributed by atoms with van der Waals surface area (Å²) in [5.74, 6) is 0. The van der Waals surface area contributed by atoms with Gasteiger partial charge in [0, 0.05) is 30.7 Å². The number of halogens is 1. The van der Waals surface area contributed by atoms with Gasteiger partial charge in [0.1, 0.15) is 5.01 Å². The van der Waals surface area contributed by atoms with Gasteiger partial charge in [0.25, 0.3) is 0 Å². The molecular formula is C17H26ClN3S. The number of nitrogens with zero attached hydrogens (tertiary/aromatic N) is 2. The quantitative estimate of drug-likeness (QED) is 0.869. The van der Waals surface area contributed by atoms with E-state index in [-0.39, 0.29) is 17.8 Å². The van der Waals surface area contributed by atoms with Crippen LogP contribution >= 0.6 is 23.7 Å². The van der Waals surface area contributed by atoms with E-state index in [9.17, 15) is 0 Å². The first-order valence-electron chi connectivity index (χ1n) is 7.40. The summed E-state index contributed by atoms with van der Waals surface area (Å²) in [5, 5.41) is 1.17. The van der Waals surface area contributed by atoms with Crippen molar-refractivity contribution in [2.45, 2.75) is 39.3 Å². The minimum Gasteiger partial charge on any atom is -0.329 e. The number of thiazole rings is 1. The van der Waals surface area contributed by atoms with Crippen LogP contribution in [0.25, 0.3) is 0 Å². The molecule has 1 aromatic heterocycles. The average molecular weight is 340 g/mol. The zero-order valence-electron chi connectivity index (χ0n) is 13.6. The van der Waals surface area contributed by atoms with Gasteiger partial charge >= 0.3 is 0 Å². The average Bonchev–Trinajstić information content (AvgIpc) is 2.89. The molecule has 0 aliphatic heterocycles. The summed E-state index contributed by atoms with van der Waals surface area (Å²) < 4.78 is 0. The molecule has 2 aromatic rings. The van der Waals surface area contributed by atoms with Gasteiger partial charge in [-0.3, -0.25) is 4.90 Å². The Morgan fingerprint density at radius 3 is 2.36 bits per heavy atom. The number of nitrogens with two attached hydrogens (primary N) is 1. The smallest absolute Gasteiger partial charge is 0.107 e. The summed E-state index contributed by atoms with van der Waals surface area (Å²) in [5.41, 5.74) is 7.25. The van der Waals surface area contributed by atoms with Crippen LogP contribution in [0.1, 0.15) is 36.2 Å². The van der Waals surface area contributed by atoms with Crippen molar-refractivity contribution < 1.29 is 0 Å². The van der Waals surface area contributed by atoms with Crippen molar-refractivity contribution in [3.63, 3.8) is 0 Å². The van der Waals surface area contributed by atoms with E-state index in [2.05, 4.69) is 54.9 Å². The predicted molar refractivity (Wildman–Crippen MR) is 97.7 cm³/mol. The van der Waals surface area contributed by atoms with Crippen LogP contribution in [0.15, 0.2) is 36.5 Å². The van der Waals surface area contributed by atoms with Gasteiger partial charge in [0.15, 0.2) is 0 Å². The van der Waals surface area contributed by atoms with Crippen molar-refractivity contribution in [3.05, 3.63) is 52.0 Å². The highest BCUT2D eigenvalue weighted by atomic mass is 35.5. The molecule has 22 heavy (non-hydrogen) atoms. The van der Waals surface area contributed by atoms with Gasteiger partial charge < -0.3 is 5.73 Å². The van der Waals surface area contributed by atoms with Crippen molar-refractivity contribution in [3.8, 4) is 0 Å². The molecular weight excluding hydrogens is 314 g/mol. The zero-order valence-corrected chi connectivity index (χ0v) is 15.2. The number of rotatable bonds is 6. The van der Waals surface area contributed by atoms with Crippen molar-refractivity contribution >= 4 is 23.7 Å². The lowest BCUT2D eigenvalue weighted by atomic mass is 9.96. The highest BCUT2D eigenvalue weighted by molar-refractivity contribution is 7.11. The largest absolute Gasteiger partial charge is 0.329 e. The third-order valence-electron chi connectivity index (χ3n) is 3.35. The van der Waals surface area contributed by atoms with E-state index in [1.165, 1.54) is 15.4 Å². The second-order valence-corrected chi connectivity index (χ2v) is 7.47. The number of hydrogen-bond donors (Lipinski definition) is 1. The van der Waals surface area contributed by atoms with E-state index in [0.717, 1.165) is 19.6 Å². The Morgan fingerprint density at radius 2 is 1.82 bits per heavy atom. The second-order valence-electron chi connectivity index (χ2n) is 6.35. The van der Waals surface area contributed by atoms with Crippen LogP contribution < -0.4 is 5.73 Å². The Balaban J connectivity index is 0.00000242. The van der Waals surface area contributed by atoms with E-state index >= 15 is 0 Å². The molecule has 3 nitrogen and oxygen atoms in total. The minimum atomic E-state index is 0. The molecule has 0 atom stereocenters. The maximum Gasteiger partial charge on any atom is 0.107 e. The van der Waals surface area contributed by atoms with Crippen molar-refractivity contribution in [2.24, 2.45) is 5.73 Å². The number of hydrogen-bond acceptors (Lipinski definition) is 4. The Labute approximate surface area is 144 Å². The molecule has 5 heteroatoms. The first kappa shape index (κ1) is 19.1. The maximum atomic E-state index is 5.75. The van der Waals surface area contributed by atoms with Gasteiger partial charge in [-0.05, 0) is 11.0 Å².